The fourth-order valence-electron chi connectivity index (χ4n) is 0.945. The molecule has 0 aliphatic rings. The number of rotatable bonds is 1. The molecule has 0 aliphatic heterocycles. The monoisotopic (exact) mass is 187 g/mol. The maximum atomic E-state index is 10.7. The van der Waals surface area contributed by atoms with E-state index in [9.17, 15) is 8.42 Å². The van der Waals surface area contributed by atoms with Gasteiger partial charge in [-0.2, -0.15) is 8.42 Å². The Morgan fingerprint density at radius 1 is 1.25 bits per heavy atom. The van der Waals surface area contributed by atoms with Crippen molar-refractivity contribution in [2.75, 3.05) is 0 Å². The van der Waals surface area contributed by atoms with Gasteiger partial charge in [0.25, 0.3) is 10.1 Å². The molecular formula is C7H9NO3S. The summed E-state index contributed by atoms with van der Waals surface area (Å²) < 4.78 is 30.0. The quantitative estimate of drug-likeness (QED) is 0.664. The standard InChI is InChI=1S/C7H9NO3S/c1-5-3-7(12(9,10)11)4-6(2)8-5/h3-4H,1-2H3,(H,9,10,11). The fourth-order valence-corrected chi connectivity index (χ4v) is 1.58. The van der Waals surface area contributed by atoms with Crippen LogP contribution in [-0.2, 0) is 10.1 Å². The predicted octanol–water partition coefficient (Wildman–Crippen LogP) is 0.945. The molecule has 1 aromatic rings. The van der Waals surface area contributed by atoms with Crippen molar-refractivity contribution >= 4 is 10.1 Å². The molecule has 1 N–H and O–H groups in total. The molecule has 0 bridgehead atoms. The molecule has 0 aliphatic carbocycles. The first-order valence-corrected chi connectivity index (χ1v) is 4.76. The summed E-state index contributed by atoms with van der Waals surface area (Å²) in [4.78, 5) is 3.87. The van der Waals surface area contributed by atoms with Crippen molar-refractivity contribution in [1.82, 2.24) is 4.98 Å². The lowest BCUT2D eigenvalue weighted by atomic mass is 10.3. The summed E-state index contributed by atoms with van der Waals surface area (Å²) in [6.45, 7) is 3.34. The van der Waals surface area contributed by atoms with Crippen LogP contribution in [-0.4, -0.2) is 18.0 Å². The first-order chi connectivity index (χ1) is 5.39. The SMILES string of the molecule is Cc1cc(S(=O)(=O)O)cc(C)n1. The van der Waals surface area contributed by atoms with Gasteiger partial charge in [-0.1, -0.05) is 0 Å². The Morgan fingerprint density at radius 2 is 1.67 bits per heavy atom. The van der Waals surface area contributed by atoms with Gasteiger partial charge in [0.1, 0.15) is 0 Å². The lowest BCUT2D eigenvalue weighted by molar-refractivity contribution is 0.483. The molecule has 12 heavy (non-hydrogen) atoms. The van der Waals surface area contributed by atoms with Crippen LogP contribution in [0.15, 0.2) is 17.0 Å². The van der Waals surface area contributed by atoms with Crippen LogP contribution >= 0.6 is 0 Å². The van der Waals surface area contributed by atoms with Gasteiger partial charge in [0.15, 0.2) is 0 Å². The first kappa shape index (κ1) is 9.15. The van der Waals surface area contributed by atoms with E-state index in [1.807, 2.05) is 0 Å². The van der Waals surface area contributed by atoms with E-state index in [1.54, 1.807) is 13.8 Å². The maximum Gasteiger partial charge on any atom is 0.294 e. The summed E-state index contributed by atoms with van der Waals surface area (Å²) in [5, 5.41) is 0. The van der Waals surface area contributed by atoms with Gasteiger partial charge in [-0.25, -0.2) is 0 Å². The van der Waals surface area contributed by atoms with E-state index in [4.69, 9.17) is 4.55 Å². The van der Waals surface area contributed by atoms with Crippen molar-refractivity contribution in [3.63, 3.8) is 0 Å². The fraction of sp³-hybridized carbons (Fsp3) is 0.286. The van der Waals surface area contributed by atoms with Crippen LogP contribution in [0.5, 0.6) is 0 Å². The van der Waals surface area contributed by atoms with Crippen molar-refractivity contribution in [2.24, 2.45) is 0 Å². The molecule has 0 radical (unpaired) electrons. The number of aromatic nitrogens is 1. The van der Waals surface area contributed by atoms with Gasteiger partial charge in [0, 0.05) is 11.4 Å². The third kappa shape index (κ3) is 2.02. The summed E-state index contributed by atoms with van der Waals surface area (Å²) in [6.07, 6.45) is 0. The molecule has 0 aromatic carbocycles. The molecule has 0 saturated heterocycles. The Bertz CT molecular complexity index is 377. The van der Waals surface area contributed by atoms with Gasteiger partial charge in [-0.15, -0.1) is 0 Å². The molecule has 0 unspecified atom stereocenters. The summed E-state index contributed by atoms with van der Waals surface area (Å²) in [5.74, 6) is 0. The third-order valence-electron chi connectivity index (χ3n) is 1.35. The molecule has 0 atom stereocenters. The predicted molar refractivity (Wildman–Crippen MR) is 43.5 cm³/mol. The van der Waals surface area contributed by atoms with E-state index < -0.39 is 10.1 Å². The van der Waals surface area contributed by atoms with E-state index in [2.05, 4.69) is 4.98 Å². The van der Waals surface area contributed by atoms with E-state index in [-0.39, 0.29) is 4.90 Å². The van der Waals surface area contributed by atoms with Gasteiger partial charge in [-0.3, -0.25) is 9.54 Å². The third-order valence-corrected chi connectivity index (χ3v) is 2.18. The van der Waals surface area contributed by atoms with E-state index in [1.165, 1.54) is 12.1 Å². The highest BCUT2D eigenvalue weighted by Gasteiger charge is 2.09. The lowest BCUT2D eigenvalue weighted by Crippen LogP contribution is -2.00. The number of nitrogens with zero attached hydrogens (tertiary/aromatic N) is 1. The molecule has 5 heteroatoms. The number of hydrogen-bond acceptors (Lipinski definition) is 3. The molecule has 66 valence electrons. The van der Waals surface area contributed by atoms with Crippen LogP contribution in [0.1, 0.15) is 11.4 Å². The van der Waals surface area contributed by atoms with Crippen LogP contribution in [0.3, 0.4) is 0 Å². The second-order valence-corrected chi connectivity index (χ2v) is 3.98. The minimum absolute atomic E-state index is 0.104. The summed E-state index contributed by atoms with van der Waals surface area (Å²) in [5.41, 5.74) is 1.14. The Hall–Kier alpha value is -0.940. The largest absolute Gasteiger partial charge is 0.294 e. The van der Waals surface area contributed by atoms with Crippen LogP contribution in [0, 0.1) is 13.8 Å². The van der Waals surface area contributed by atoms with Crippen LogP contribution < -0.4 is 0 Å². The smallest absolute Gasteiger partial charge is 0.282 e. The van der Waals surface area contributed by atoms with Crippen LogP contribution in [0.2, 0.25) is 0 Å². The topological polar surface area (TPSA) is 67.3 Å². The Kier molecular flexibility index (Phi) is 2.16. The zero-order valence-corrected chi connectivity index (χ0v) is 7.59. The summed E-state index contributed by atoms with van der Waals surface area (Å²) in [7, 11) is -4.09. The summed E-state index contributed by atoms with van der Waals surface area (Å²) >= 11 is 0. The van der Waals surface area contributed by atoms with E-state index in [0.717, 1.165) is 0 Å². The molecule has 0 amide bonds. The minimum atomic E-state index is -4.09. The molecule has 1 rings (SSSR count). The highest BCUT2D eigenvalue weighted by molar-refractivity contribution is 7.85. The molecular weight excluding hydrogens is 178 g/mol. The average Bonchev–Trinajstić information content (AvgIpc) is 1.82. The Balaban J connectivity index is 3.37. The van der Waals surface area contributed by atoms with Gasteiger partial charge < -0.3 is 0 Å². The molecule has 1 aromatic heterocycles. The first-order valence-electron chi connectivity index (χ1n) is 3.32. The highest BCUT2D eigenvalue weighted by atomic mass is 32.2. The van der Waals surface area contributed by atoms with E-state index >= 15 is 0 Å². The Labute approximate surface area is 71.0 Å². The van der Waals surface area contributed by atoms with Crippen LogP contribution in [0.4, 0.5) is 0 Å². The minimum Gasteiger partial charge on any atom is -0.282 e. The van der Waals surface area contributed by atoms with Crippen LogP contribution in [0.25, 0.3) is 0 Å². The number of aryl methyl sites for hydroxylation is 2. The highest BCUT2D eigenvalue weighted by Crippen LogP contribution is 2.10. The number of pyridine rings is 1. The molecule has 0 saturated carbocycles. The normalized spacial score (nSPS) is 11.6. The Morgan fingerprint density at radius 3 is 2.00 bits per heavy atom. The molecule has 0 spiro atoms. The van der Waals surface area contributed by atoms with Crippen molar-refractivity contribution in [1.29, 1.82) is 0 Å². The maximum absolute atomic E-state index is 10.7. The van der Waals surface area contributed by atoms with Gasteiger partial charge in [-0.05, 0) is 26.0 Å². The molecule has 4 nitrogen and oxygen atoms in total. The van der Waals surface area contributed by atoms with Gasteiger partial charge in [0.2, 0.25) is 0 Å². The van der Waals surface area contributed by atoms with Crippen molar-refractivity contribution in [3.8, 4) is 0 Å². The van der Waals surface area contributed by atoms with Gasteiger partial charge in [0.05, 0.1) is 4.90 Å². The second-order valence-electron chi connectivity index (χ2n) is 2.56. The molecule has 0 fully saturated rings. The lowest BCUT2D eigenvalue weighted by Gasteiger charge is -1.99. The number of hydrogen-bond donors (Lipinski definition) is 1. The average molecular weight is 187 g/mol. The van der Waals surface area contributed by atoms with Crippen molar-refractivity contribution in [3.05, 3.63) is 23.5 Å². The zero-order valence-electron chi connectivity index (χ0n) is 6.77. The molecule has 1 heterocycles. The second kappa shape index (κ2) is 2.84. The zero-order chi connectivity index (χ0) is 9.35. The summed E-state index contributed by atoms with van der Waals surface area (Å²) in [6, 6.07) is 2.64. The van der Waals surface area contributed by atoms with Crippen molar-refractivity contribution in [2.45, 2.75) is 18.7 Å². The van der Waals surface area contributed by atoms with E-state index in [0.29, 0.717) is 11.4 Å². The van der Waals surface area contributed by atoms with Crippen molar-refractivity contribution < 1.29 is 13.0 Å². The van der Waals surface area contributed by atoms with Gasteiger partial charge >= 0.3 is 0 Å².